The van der Waals surface area contributed by atoms with Gasteiger partial charge in [-0.15, -0.1) is 18.2 Å². The Kier molecular flexibility index (Phi) is 8.42. The SMILES string of the molecule is C#C/C(=C\C=C(/C)NS(=O)(=O)c1ccc(C)c(C(=O)O)c1)SCC1CCCCC1. The van der Waals surface area contributed by atoms with E-state index in [0.717, 1.165) is 16.7 Å². The van der Waals surface area contributed by atoms with Gasteiger partial charge in [-0.1, -0.05) is 31.2 Å². The molecule has 2 rings (SSSR count). The highest BCUT2D eigenvalue weighted by atomic mass is 32.2. The standard InChI is InChI=1S/C22H27NO4S2/c1-4-19(28-15-18-8-6-5-7-9-18)12-11-17(3)23-29(26,27)20-13-10-16(2)21(14-20)22(24)25/h1,10-14,18,23H,5-9,15H2,2-3H3,(H,24,25)/b17-11+,19-12+. The second-order valence-corrected chi connectivity index (χ2v) is 9.97. The molecular weight excluding hydrogens is 406 g/mol. The predicted octanol–water partition coefficient (Wildman–Crippen LogP) is 4.71. The Morgan fingerprint density at radius 3 is 2.62 bits per heavy atom. The number of rotatable bonds is 8. The van der Waals surface area contributed by atoms with E-state index < -0.39 is 16.0 Å². The van der Waals surface area contributed by atoms with Crippen LogP contribution in [0.2, 0.25) is 0 Å². The molecule has 0 radical (unpaired) electrons. The third-order valence-electron chi connectivity index (χ3n) is 4.87. The fourth-order valence-corrected chi connectivity index (χ4v) is 5.33. The number of carbonyl (C=O) groups is 1. The summed E-state index contributed by atoms with van der Waals surface area (Å²) in [5.41, 5.74) is 0.858. The lowest BCUT2D eigenvalue weighted by atomic mass is 9.91. The van der Waals surface area contributed by atoms with Gasteiger partial charge < -0.3 is 5.11 Å². The first kappa shape index (κ1) is 23.1. The summed E-state index contributed by atoms with van der Waals surface area (Å²) in [6.07, 6.45) is 15.3. The molecule has 2 N–H and O–H groups in total. The van der Waals surface area contributed by atoms with Gasteiger partial charge in [-0.05, 0) is 62.5 Å². The maximum absolute atomic E-state index is 12.6. The zero-order valence-corrected chi connectivity index (χ0v) is 18.4. The molecule has 5 nitrogen and oxygen atoms in total. The quantitative estimate of drug-likeness (QED) is 0.458. The summed E-state index contributed by atoms with van der Waals surface area (Å²) in [6.45, 7) is 3.25. The van der Waals surface area contributed by atoms with Crippen LogP contribution in [0.1, 0.15) is 54.9 Å². The van der Waals surface area contributed by atoms with E-state index in [4.69, 9.17) is 6.42 Å². The van der Waals surface area contributed by atoms with Crippen LogP contribution in [-0.2, 0) is 10.0 Å². The van der Waals surface area contributed by atoms with Crippen molar-refractivity contribution in [2.75, 3.05) is 5.75 Å². The third kappa shape index (κ3) is 6.98. The molecule has 0 atom stereocenters. The van der Waals surface area contributed by atoms with Gasteiger partial charge in [0.1, 0.15) is 0 Å². The molecule has 0 aliphatic heterocycles. The highest BCUT2D eigenvalue weighted by Crippen LogP contribution is 2.29. The number of aryl methyl sites for hydroxylation is 1. The van der Waals surface area contributed by atoms with Crippen molar-refractivity contribution < 1.29 is 18.3 Å². The van der Waals surface area contributed by atoms with Gasteiger partial charge in [0.2, 0.25) is 0 Å². The number of benzene rings is 1. The molecule has 1 aliphatic rings. The highest BCUT2D eigenvalue weighted by Gasteiger charge is 2.18. The van der Waals surface area contributed by atoms with Crippen LogP contribution < -0.4 is 4.72 Å². The van der Waals surface area contributed by atoms with Crippen LogP contribution in [-0.4, -0.2) is 25.2 Å². The molecule has 0 amide bonds. The Balaban J connectivity index is 2.06. The Labute approximate surface area is 177 Å². The number of nitrogens with one attached hydrogen (secondary N) is 1. The van der Waals surface area contributed by atoms with E-state index in [0.29, 0.717) is 17.2 Å². The maximum Gasteiger partial charge on any atom is 0.335 e. The molecule has 0 unspecified atom stereocenters. The highest BCUT2D eigenvalue weighted by molar-refractivity contribution is 8.03. The molecule has 0 bridgehead atoms. The summed E-state index contributed by atoms with van der Waals surface area (Å²) in [4.78, 5) is 11.9. The van der Waals surface area contributed by atoms with Gasteiger partial charge in [0.05, 0.1) is 15.4 Å². The van der Waals surface area contributed by atoms with E-state index in [1.807, 2.05) is 0 Å². The number of carboxylic acid groups (broad SMARTS) is 1. The zero-order chi connectivity index (χ0) is 21.4. The zero-order valence-electron chi connectivity index (χ0n) is 16.8. The molecule has 1 aromatic rings. The summed E-state index contributed by atoms with van der Waals surface area (Å²) >= 11 is 1.63. The molecule has 29 heavy (non-hydrogen) atoms. The molecule has 156 valence electrons. The normalized spacial score (nSPS) is 16.3. The number of allylic oxidation sites excluding steroid dienone is 4. The number of carboxylic acids is 1. The van der Waals surface area contributed by atoms with Crippen molar-refractivity contribution in [2.45, 2.75) is 50.8 Å². The first-order valence-corrected chi connectivity index (χ1v) is 12.0. The topological polar surface area (TPSA) is 83.5 Å². The molecule has 0 aromatic heterocycles. The summed E-state index contributed by atoms with van der Waals surface area (Å²) in [5, 5.41) is 9.20. The molecule has 1 fully saturated rings. The first-order valence-electron chi connectivity index (χ1n) is 9.57. The van der Waals surface area contributed by atoms with Crippen LogP contribution in [0.5, 0.6) is 0 Å². The lowest BCUT2D eigenvalue weighted by molar-refractivity contribution is 0.0696. The third-order valence-corrected chi connectivity index (χ3v) is 7.54. The molecule has 0 saturated heterocycles. The average Bonchev–Trinajstić information content (AvgIpc) is 2.68. The van der Waals surface area contributed by atoms with Gasteiger partial charge in [-0.2, -0.15) is 0 Å². The van der Waals surface area contributed by atoms with E-state index in [2.05, 4.69) is 10.6 Å². The second kappa shape index (κ2) is 10.6. The summed E-state index contributed by atoms with van der Waals surface area (Å²) in [5.74, 6) is 3.17. The Morgan fingerprint density at radius 1 is 1.31 bits per heavy atom. The van der Waals surface area contributed by atoms with Gasteiger partial charge in [-0.3, -0.25) is 4.72 Å². The van der Waals surface area contributed by atoms with Crippen LogP contribution >= 0.6 is 11.8 Å². The smallest absolute Gasteiger partial charge is 0.335 e. The van der Waals surface area contributed by atoms with E-state index >= 15 is 0 Å². The number of terminal acetylenes is 1. The fraction of sp³-hybridized carbons (Fsp3) is 0.409. The molecule has 1 aliphatic carbocycles. The van der Waals surface area contributed by atoms with Gasteiger partial charge in [0.25, 0.3) is 10.0 Å². The van der Waals surface area contributed by atoms with Crippen LogP contribution in [0, 0.1) is 25.2 Å². The van der Waals surface area contributed by atoms with E-state index in [9.17, 15) is 18.3 Å². The van der Waals surface area contributed by atoms with Gasteiger partial charge in [0.15, 0.2) is 0 Å². The Hall–Kier alpha value is -2.17. The van der Waals surface area contributed by atoms with Gasteiger partial charge in [-0.25, -0.2) is 13.2 Å². The van der Waals surface area contributed by atoms with Gasteiger partial charge >= 0.3 is 5.97 Å². The number of hydrogen-bond acceptors (Lipinski definition) is 4. The van der Waals surface area contributed by atoms with E-state index in [-0.39, 0.29) is 10.5 Å². The Bertz CT molecular complexity index is 950. The van der Waals surface area contributed by atoms with Crippen molar-refractivity contribution in [3.63, 3.8) is 0 Å². The maximum atomic E-state index is 12.6. The van der Waals surface area contributed by atoms with Crippen LogP contribution in [0.4, 0.5) is 0 Å². The van der Waals surface area contributed by atoms with Crippen molar-refractivity contribution in [1.82, 2.24) is 4.72 Å². The number of sulfonamides is 1. The van der Waals surface area contributed by atoms with Gasteiger partial charge in [0, 0.05) is 11.4 Å². The Morgan fingerprint density at radius 2 is 2.00 bits per heavy atom. The summed E-state index contributed by atoms with van der Waals surface area (Å²) in [6, 6.07) is 4.03. The number of hydrogen-bond donors (Lipinski definition) is 2. The van der Waals surface area contributed by atoms with E-state index in [1.54, 1.807) is 37.8 Å². The second-order valence-electron chi connectivity index (χ2n) is 7.23. The molecule has 7 heteroatoms. The molecular formula is C22H27NO4S2. The fourth-order valence-electron chi connectivity index (χ4n) is 3.20. The molecule has 1 saturated carbocycles. The van der Waals surface area contributed by atoms with Crippen molar-refractivity contribution in [2.24, 2.45) is 5.92 Å². The van der Waals surface area contributed by atoms with Crippen molar-refractivity contribution in [1.29, 1.82) is 0 Å². The van der Waals surface area contributed by atoms with E-state index in [1.165, 1.54) is 44.2 Å². The molecule has 1 aromatic carbocycles. The van der Waals surface area contributed by atoms with Crippen LogP contribution in [0.3, 0.4) is 0 Å². The minimum Gasteiger partial charge on any atom is -0.478 e. The lowest BCUT2D eigenvalue weighted by Crippen LogP contribution is -2.22. The minimum absolute atomic E-state index is 0.0388. The molecule has 0 spiro atoms. The monoisotopic (exact) mass is 433 g/mol. The largest absolute Gasteiger partial charge is 0.478 e. The predicted molar refractivity (Wildman–Crippen MR) is 118 cm³/mol. The summed E-state index contributed by atoms with van der Waals surface area (Å²) in [7, 11) is -3.89. The van der Waals surface area contributed by atoms with Crippen molar-refractivity contribution in [3.8, 4) is 12.3 Å². The van der Waals surface area contributed by atoms with Crippen LogP contribution in [0.25, 0.3) is 0 Å². The number of aromatic carboxylic acids is 1. The van der Waals surface area contributed by atoms with Crippen molar-refractivity contribution in [3.05, 3.63) is 52.1 Å². The number of thioether (sulfide) groups is 1. The van der Waals surface area contributed by atoms with Crippen LogP contribution in [0.15, 0.2) is 45.8 Å². The average molecular weight is 434 g/mol. The lowest BCUT2D eigenvalue weighted by Gasteiger charge is -2.20. The summed E-state index contributed by atoms with van der Waals surface area (Å²) < 4.78 is 27.6. The first-order chi connectivity index (χ1) is 13.7. The minimum atomic E-state index is -3.89. The van der Waals surface area contributed by atoms with Crippen molar-refractivity contribution >= 4 is 27.8 Å². The molecule has 0 heterocycles.